The van der Waals surface area contributed by atoms with Crippen LogP contribution in [-0.2, 0) is 14.4 Å². The van der Waals surface area contributed by atoms with E-state index < -0.39 is 28.9 Å². The highest BCUT2D eigenvalue weighted by Gasteiger charge is 2.64. The van der Waals surface area contributed by atoms with Crippen LogP contribution in [0.25, 0.3) is 0 Å². The summed E-state index contributed by atoms with van der Waals surface area (Å²) in [5.74, 6) is -3.39. The Kier molecular flexibility index (Phi) is 11.6. The molecule has 0 aromatic carbocycles. The fourth-order valence-electron chi connectivity index (χ4n) is 4.75. The quantitative estimate of drug-likeness (QED) is 0.182. The highest BCUT2D eigenvalue weighted by molar-refractivity contribution is 6.01. The molecule has 0 radical (unpaired) electrons. The molecule has 0 rings (SSSR count). The summed E-state index contributed by atoms with van der Waals surface area (Å²) >= 11 is 0. The Balaban J connectivity index is 5.79. The van der Waals surface area contributed by atoms with Crippen molar-refractivity contribution in [2.75, 3.05) is 14.1 Å². The van der Waals surface area contributed by atoms with Crippen molar-refractivity contribution in [3.05, 3.63) is 0 Å². The molecule has 0 fully saturated rings. The summed E-state index contributed by atoms with van der Waals surface area (Å²) in [4.78, 5) is 36.1. The third kappa shape index (κ3) is 6.43. The van der Waals surface area contributed by atoms with Crippen LogP contribution in [0.3, 0.4) is 0 Å². The lowest BCUT2D eigenvalue weighted by Crippen LogP contribution is -2.76. The first-order valence-electron chi connectivity index (χ1n) is 11.4. The molecule has 0 aliphatic carbocycles. The van der Waals surface area contributed by atoms with E-state index in [-0.39, 0.29) is 16.8 Å². The number of likely N-dealkylation sites (N-methyl/N-ethyl adjacent to an activating group) is 1. The Hall–Kier alpha value is -1.63. The zero-order valence-electron chi connectivity index (χ0n) is 20.0. The second kappa shape index (κ2) is 12.3. The minimum absolute atomic E-state index is 0.128. The minimum atomic E-state index is -2.04. The van der Waals surface area contributed by atoms with Crippen LogP contribution in [0.2, 0.25) is 0 Å². The average Bonchev–Trinajstić information content (AvgIpc) is 2.64. The van der Waals surface area contributed by atoms with E-state index in [0.717, 1.165) is 32.1 Å². The van der Waals surface area contributed by atoms with Crippen molar-refractivity contribution in [2.24, 2.45) is 11.7 Å². The first-order valence-corrected chi connectivity index (χ1v) is 11.4. The zero-order valence-corrected chi connectivity index (χ0v) is 20.0. The highest BCUT2D eigenvalue weighted by Crippen LogP contribution is 2.44. The van der Waals surface area contributed by atoms with Gasteiger partial charge < -0.3 is 20.4 Å². The third-order valence-corrected chi connectivity index (χ3v) is 7.47. The zero-order chi connectivity index (χ0) is 23.6. The molecule has 0 aliphatic heterocycles. The lowest BCUT2D eigenvalue weighted by molar-refractivity contribution is -0.972. The molecule has 2 unspecified atom stereocenters. The van der Waals surface area contributed by atoms with Crippen molar-refractivity contribution in [3.63, 3.8) is 0 Å². The van der Waals surface area contributed by atoms with E-state index in [1.165, 1.54) is 32.6 Å². The Labute approximate surface area is 182 Å². The molecule has 30 heavy (non-hydrogen) atoms. The van der Waals surface area contributed by atoms with Crippen LogP contribution in [0.1, 0.15) is 98.3 Å². The lowest BCUT2D eigenvalue weighted by Gasteiger charge is -2.56. The van der Waals surface area contributed by atoms with E-state index in [9.17, 15) is 24.6 Å². The molecule has 0 bridgehead atoms. The first kappa shape index (κ1) is 28.4. The van der Waals surface area contributed by atoms with Crippen LogP contribution in [0.15, 0.2) is 0 Å². The van der Waals surface area contributed by atoms with Crippen molar-refractivity contribution < 1.29 is 29.1 Å². The summed E-state index contributed by atoms with van der Waals surface area (Å²) in [6, 6.07) is 0. The molecule has 0 aromatic rings. The van der Waals surface area contributed by atoms with E-state index >= 15 is 0 Å². The SMILES string of the molecule is CCCCCCCCCC(CC(N)=O)C(C)(CCC)[N+](C)(C)C(C)(C(=O)O)C(=O)O. The maximum absolute atomic E-state index is 12.1. The first-order chi connectivity index (χ1) is 13.8. The number of nitrogens with two attached hydrogens (primary N) is 1. The highest BCUT2D eigenvalue weighted by atomic mass is 16.4. The molecule has 4 N–H and O–H groups in total. The van der Waals surface area contributed by atoms with Crippen LogP contribution in [0, 0.1) is 5.92 Å². The van der Waals surface area contributed by atoms with Gasteiger partial charge in [0.1, 0.15) is 5.54 Å². The van der Waals surface area contributed by atoms with E-state index in [1.54, 1.807) is 14.1 Å². The number of carbonyl (C=O) groups is 3. The molecule has 7 nitrogen and oxygen atoms in total. The molecule has 0 saturated carbocycles. The largest absolute Gasteiger partial charge is 0.476 e. The molecule has 7 heteroatoms. The van der Waals surface area contributed by atoms with Gasteiger partial charge in [-0.15, -0.1) is 0 Å². The van der Waals surface area contributed by atoms with Gasteiger partial charge in [0.05, 0.1) is 14.1 Å². The second-order valence-electron chi connectivity index (χ2n) is 9.52. The molecule has 0 saturated heterocycles. The van der Waals surface area contributed by atoms with Gasteiger partial charge in [0.2, 0.25) is 5.91 Å². The van der Waals surface area contributed by atoms with Crippen LogP contribution in [0.4, 0.5) is 0 Å². The summed E-state index contributed by atoms with van der Waals surface area (Å²) < 4.78 is -0.257. The topological polar surface area (TPSA) is 118 Å². The molecule has 176 valence electrons. The molecule has 1 amide bonds. The van der Waals surface area contributed by atoms with Gasteiger partial charge in [-0.25, -0.2) is 9.59 Å². The number of nitrogens with zero attached hydrogens (tertiary/aromatic N) is 1. The van der Waals surface area contributed by atoms with E-state index in [1.807, 2.05) is 13.8 Å². The molecule has 2 atom stereocenters. The Morgan fingerprint density at radius 2 is 1.33 bits per heavy atom. The van der Waals surface area contributed by atoms with Gasteiger partial charge in [-0.1, -0.05) is 65.2 Å². The molecular weight excluding hydrogens is 384 g/mol. The van der Waals surface area contributed by atoms with Crippen molar-refractivity contribution in [2.45, 2.75) is 109 Å². The Bertz CT molecular complexity index is 562. The van der Waals surface area contributed by atoms with Crippen molar-refractivity contribution >= 4 is 17.8 Å². The number of hydrogen-bond acceptors (Lipinski definition) is 3. The van der Waals surface area contributed by atoms with Gasteiger partial charge in [-0.3, -0.25) is 4.79 Å². The lowest BCUT2D eigenvalue weighted by atomic mass is 9.71. The summed E-state index contributed by atoms with van der Waals surface area (Å²) in [5, 5.41) is 19.7. The summed E-state index contributed by atoms with van der Waals surface area (Å²) in [6.07, 6.45) is 10.2. The number of primary amides is 1. The van der Waals surface area contributed by atoms with Crippen LogP contribution >= 0.6 is 0 Å². The average molecular weight is 430 g/mol. The van der Waals surface area contributed by atoms with E-state index in [0.29, 0.717) is 6.42 Å². The van der Waals surface area contributed by atoms with Crippen LogP contribution in [0.5, 0.6) is 0 Å². The molecule has 0 spiro atoms. The van der Waals surface area contributed by atoms with Crippen LogP contribution < -0.4 is 5.73 Å². The second-order valence-corrected chi connectivity index (χ2v) is 9.52. The van der Waals surface area contributed by atoms with Crippen molar-refractivity contribution in [1.82, 2.24) is 0 Å². The van der Waals surface area contributed by atoms with Gasteiger partial charge in [-0.2, -0.15) is 0 Å². The van der Waals surface area contributed by atoms with Gasteiger partial charge in [0.25, 0.3) is 5.54 Å². The number of rotatable bonds is 17. The van der Waals surface area contributed by atoms with Crippen molar-refractivity contribution in [1.29, 1.82) is 0 Å². The number of carboxylic acids is 2. The number of carbonyl (C=O) groups excluding carboxylic acids is 1. The fourth-order valence-corrected chi connectivity index (χ4v) is 4.75. The number of carboxylic acid groups (broad SMARTS) is 2. The van der Waals surface area contributed by atoms with Gasteiger partial charge >= 0.3 is 11.9 Å². The van der Waals surface area contributed by atoms with Crippen molar-refractivity contribution in [3.8, 4) is 0 Å². The Morgan fingerprint density at radius 1 is 0.867 bits per heavy atom. The normalized spacial score (nSPS) is 15.4. The molecule has 0 aliphatic rings. The standard InChI is InChI=1S/C23H44N2O5/c1-7-9-10-11-12-13-14-15-18(17-19(24)26)22(3,16-8-2)25(5,6)23(4,20(27)28)21(29)30/h18H,7-17H2,1-6H3,(H3-,24,26,27,28,29,30)/p+1. The van der Waals surface area contributed by atoms with E-state index in [4.69, 9.17) is 5.73 Å². The molecule has 0 aromatic heterocycles. The monoisotopic (exact) mass is 429 g/mol. The summed E-state index contributed by atoms with van der Waals surface area (Å²) in [7, 11) is 3.33. The Morgan fingerprint density at radius 3 is 1.73 bits per heavy atom. The summed E-state index contributed by atoms with van der Waals surface area (Å²) in [5.41, 5.74) is 2.78. The number of amides is 1. The maximum atomic E-state index is 12.1. The smallest absolute Gasteiger partial charge is 0.377 e. The summed E-state index contributed by atoms with van der Waals surface area (Å²) in [6.45, 7) is 7.37. The maximum Gasteiger partial charge on any atom is 0.377 e. The predicted octanol–water partition coefficient (Wildman–Crippen LogP) is 4.18. The van der Waals surface area contributed by atoms with Gasteiger partial charge in [-0.05, 0) is 13.3 Å². The molecule has 0 heterocycles. The third-order valence-electron chi connectivity index (χ3n) is 7.47. The number of unbranched alkanes of at least 4 members (excludes halogenated alkanes) is 6. The number of hydrogen-bond donors (Lipinski definition) is 3. The predicted molar refractivity (Wildman–Crippen MR) is 119 cm³/mol. The number of quaternary nitrogens is 1. The van der Waals surface area contributed by atoms with Crippen LogP contribution in [-0.4, -0.2) is 57.7 Å². The minimum Gasteiger partial charge on any atom is -0.476 e. The number of aliphatic carboxylic acids is 2. The van der Waals surface area contributed by atoms with Gasteiger partial charge in [0, 0.05) is 25.7 Å². The van der Waals surface area contributed by atoms with E-state index in [2.05, 4.69) is 6.92 Å². The van der Waals surface area contributed by atoms with Gasteiger partial charge in [0.15, 0.2) is 0 Å². The molecular formula is C23H45N2O5+. The fraction of sp³-hybridized carbons (Fsp3) is 0.870.